The molecule has 0 bridgehead atoms. The molecule has 1 unspecified atom stereocenters. The van der Waals surface area contributed by atoms with Crippen molar-refractivity contribution in [2.45, 2.75) is 37.3 Å². The monoisotopic (exact) mass is 418 g/mol. The maximum absolute atomic E-state index is 3.73. The van der Waals surface area contributed by atoms with Gasteiger partial charge >= 0.3 is 151 Å². The van der Waals surface area contributed by atoms with Crippen LogP contribution in [0.5, 0.6) is 0 Å². The summed E-state index contributed by atoms with van der Waals surface area (Å²) in [4.78, 5) is 2.26. The van der Waals surface area contributed by atoms with Crippen molar-refractivity contribution in [1.82, 2.24) is 8.70 Å². The average molecular weight is 419 g/mol. The zero-order valence-corrected chi connectivity index (χ0v) is 19.0. The topological polar surface area (TPSA) is 15.3 Å². The van der Waals surface area contributed by atoms with Crippen molar-refractivity contribution in [1.29, 1.82) is 0 Å². The van der Waals surface area contributed by atoms with Crippen molar-refractivity contribution >= 4 is 30.4 Å². The van der Waals surface area contributed by atoms with Crippen LogP contribution in [0.2, 0.25) is 0 Å². The van der Waals surface area contributed by atoms with Crippen molar-refractivity contribution in [2.24, 2.45) is 0 Å². The smallest absolute Gasteiger partial charge is 0.147 e. The molecule has 1 N–H and O–H groups in total. The molecule has 140 valence electrons. The van der Waals surface area contributed by atoms with Crippen LogP contribution in [0.1, 0.15) is 48.5 Å². The summed E-state index contributed by atoms with van der Waals surface area (Å²) in [6, 6.07) is 9.04. The first-order valence-electron chi connectivity index (χ1n) is 8.74. The second kappa shape index (κ2) is 13.1. The molecule has 0 spiro atoms. The molecule has 0 radical (unpaired) electrons. The SMILES string of the molecule is CCCC[NH][Ti][CH](C)c1ccccc1C1=C(CN(C)C)C=CC1.Cl.Cl. The van der Waals surface area contributed by atoms with Crippen molar-refractivity contribution in [3.05, 3.63) is 53.1 Å². The molecule has 5 heteroatoms. The van der Waals surface area contributed by atoms with Crippen molar-refractivity contribution in [3.63, 3.8) is 0 Å². The predicted octanol–water partition coefficient (Wildman–Crippen LogP) is 5.25. The minimum atomic E-state index is -0.140. The van der Waals surface area contributed by atoms with Gasteiger partial charge in [-0.3, -0.25) is 0 Å². The maximum atomic E-state index is 3.73. The third-order valence-electron chi connectivity index (χ3n) is 4.24. The minimum Gasteiger partial charge on any atom is -0.147 e. The van der Waals surface area contributed by atoms with Crippen LogP contribution in [0, 0.1) is 0 Å². The van der Waals surface area contributed by atoms with E-state index in [2.05, 4.69) is 73.1 Å². The van der Waals surface area contributed by atoms with Gasteiger partial charge in [-0.2, -0.15) is 0 Å². The average Bonchev–Trinajstić information content (AvgIpc) is 2.98. The van der Waals surface area contributed by atoms with Gasteiger partial charge in [0.05, 0.1) is 0 Å². The standard InChI is InChI=1S/C16H20N.C4H10N.2ClH.Ti/c1-4-13-8-5-6-10-15(13)16-11-7-9-14(16)12-17(2)3;1-2-3-4-5;;;/h4-10H,11-12H2,1-3H3;5H,2-4H2,1H3;2*1H;/q;-1;;;+1. The summed E-state index contributed by atoms with van der Waals surface area (Å²) in [5.41, 5.74) is 6.02. The minimum absolute atomic E-state index is 0. The van der Waals surface area contributed by atoms with Crippen LogP contribution in [0.4, 0.5) is 0 Å². The molecule has 2 rings (SSSR count). The summed E-state index contributed by atoms with van der Waals surface area (Å²) in [5.74, 6) is 0. The predicted molar refractivity (Wildman–Crippen MR) is 111 cm³/mol. The van der Waals surface area contributed by atoms with E-state index in [1.165, 1.54) is 41.7 Å². The normalized spacial score (nSPS) is 14.3. The molecule has 0 aromatic heterocycles. The van der Waals surface area contributed by atoms with E-state index in [1.807, 2.05) is 0 Å². The molecule has 1 atom stereocenters. The Kier molecular flexibility index (Phi) is 13.1. The molecule has 2 nitrogen and oxygen atoms in total. The first-order valence-corrected chi connectivity index (χ1v) is 10.4. The number of unbranched alkanes of at least 4 members (excludes halogenated alkanes) is 1. The van der Waals surface area contributed by atoms with Crippen LogP contribution in [-0.2, 0) is 19.4 Å². The van der Waals surface area contributed by atoms with Gasteiger partial charge in [-0.05, 0) is 0 Å². The first-order chi connectivity index (χ1) is 11.1. The summed E-state index contributed by atoms with van der Waals surface area (Å²) in [6.45, 7) is 6.86. The van der Waals surface area contributed by atoms with Gasteiger partial charge in [-0.25, -0.2) is 0 Å². The fourth-order valence-electron chi connectivity index (χ4n) is 3.04. The third-order valence-corrected chi connectivity index (χ3v) is 6.11. The van der Waals surface area contributed by atoms with Crippen LogP contribution < -0.4 is 3.80 Å². The molecule has 0 aliphatic heterocycles. The fraction of sp³-hybridized carbons (Fsp3) is 0.500. The van der Waals surface area contributed by atoms with Crippen LogP contribution >= 0.6 is 24.8 Å². The van der Waals surface area contributed by atoms with Crippen LogP contribution in [-0.4, -0.2) is 32.1 Å². The number of nitrogens with one attached hydrogen (secondary N) is 1. The molecule has 0 saturated carbocycles. The Morgan fingerprint density at radius 3 is 2.60 bits per heavy atom. The van der Waals surface area contributed by atoms with Crippen molar-refractivity contribution in [2.75, 3.05) is 27.2 Å². The van der Waals surface area contributed by atoms with Gasteiger partial charge in [0.25, 0.3) is 0 Å². The van der Waals surface area contributed by atoms with Gasteiger partial charge in [0.15, 0.2) is 0 Å². The van der Waals surface area contributed by atoms with Gasteiger partial charge in [-0.1, -0.05) is 0 Å². The zero-order valence-electron chi connectivity index (χ0n) is 15.8. The number of benzene rings is 1. The summed E-state index contributed by atoms with van der Waals surface area (Å²) in [7, 11) is 4.30. The van der Waals surface area contributed by atoms with Crippen molar-refractivity contribution in [3.8, 4) is 0 Å². The van der Waals surface area contributed by atoms with Gasteiger partial charge < -0.3 is 0 Å². The Balaban J connectivity index is 0.00000288. The molecule has 1 aromatic rings. The van der Waals surface area contributed by atoms with E-state index in [0.717, 1.165) is 13.0 Å². The summed E-state index contributed by atoms with van der Waals surface area (Å²) in [5, 5.41) is 0. The molecule has 1 aromatic carbocycles. The van der Waals surface area contributed by atoms with E-state index < -0.39 is 0 Å². The second-order valence-electron chi connectivity index (χ2n) is 6.58. The quantitative estimate of drug-likeness (QED) is 0.434. The molecule has 1 aliphatic rings. The van der Waals surface area contributed by atoms with Crippen LogP contribution in [0.3, 0.4) is 0 Å². The van der Waals surface area contributed by atoms with Gasteiger partial charge in [0.1, 0.15) is 0 Å². The molecule has 0 fully saturated rings. The Morgan fingerprint density at radius 1 is 1.20 bits per heavy atom. The number of rotatable bonds is 9. The molecule has 0 saturated heterocycles. The zero-order chi connectivity index (χ0) is 16.7. The maximum Gasteiger partial charge on any atom is -0.147 e. The van der Waals surface area contributed by atoms with Crippen LogP contribution in [0.15, 0.2) is 42.0 Å². The van der Waals surface area contributed by atoms with Crippen molar-refractivity contribution < 1.29 is 19.4 Å². The van der Waals surface area contributed by atoms with E-state index in [1.54, 1.807) is 0 Å². The number of hydrogen-bond donors (Lipinski definition) is 1. The van der Waals surface area contributed by atoms with E-state index in [4.69, 9.17) is 0 Å². The van der Waals surface area contributed by atoms with E-state index in [9.17, 15) is 0 Å². The molecule has 25 heavy (non-hydrogen) atoms. The Bertz CT molecular complexity index is 571. The Labute approximate surface area is 175 Å². The third kappa shape index (κ3) is 7.58. The largest absolute Gasteiger partial charge is 0.147 e. The number of likely N-dealkylation sites (N-methyl/N-ethyl adjacent to an activating group) is 1. The number of allylic oxidation sites excluding steroid dienone is 2. The molecule has 1 aliphatic carbocycles. The summed E-state index contributed by atoms with van der Waals surface area (Å²) in [6.07, 6.45) is 8.27. The van der Waals surface area contributed by atoms with Gasteiger partial charge in [0, 0.05) is 0 Å². The van der Waals surface area contributed by atoms with E-state index in [0.29, 0.717) is 4.22 Å². The van der Waals surface area contributed by atoms with Gasteiger partial charge in [0.2, 0.25) is 0 Å². The van der Waals surface area contributed by atoms with E-state index >= 15 is 0 Å². The number of halogens is 2. The molecular formula is C20H32Cl2N2Ti. The van der Waals surface area contributed by atoms with Gasteiger partial charge in [-0.15, -0.1) is 24.8 Å². The summed E-state index contributed by atoms with van der Waals surface area (Å²) >= 11 is -0.140. The Hall–Kier alpha value is -0.0857. The van der Waals surface area contributed by atoms with Crippen LogP contribution in [0.25, 0.3) is 5.57 Å². The second-order valence-corrected chi connectivity index (χ2v) is 8.94. The number of nitrogens with zero attached hydrogens (tertiary/aromatic N) is 1. The number of hydrogen-bond acceptors (Lipinski definition) is 2. The Morgan fingerprint density at radius 2 is 1.92 bits per heavy atom. The van der Waals surface area contributed by atoms with E-state index in [-0.39, 0.29) is 44.2 Å². The molecule has 0 amide bonds. The first kappa shape index (κ1) is 24.9. The summed E-state index contributed by atoms with van der Waals surface area (Å²) < 4.78 is 4.39. The molecule has 0 heterocycles. The fourth-order valence-corrected chi connectivity index (χ4v) is 4.66. The molecular weight excluding hydrogens is 387 g/mol.